The van der Waals surface area contributed by atoms with Gasteiger partial charge in [0.25, 0.3) is 0 Å². The summed E-state index contributed by atoms with van der Waals surface area (Å²) in [5.41, 5.74) is 0.210. The van der Waals surface area contributed by atoms with Gasteiger partial charge in [0.2, 0.25) is 11.8 Å². The Bertz CT molecular complexity index is 324. The van der Waals surface area contributed by atoms with Crippen molar-refractivity contribution in [3.05, 3.63) is 0 Å². The molecule has 4 heteroatoms. The molecular formula is C16H31NO3. The smallest absolute Gasteiger partial charge is 0.228 e. The first-order valence-corrected chi connectivity index (χ1v) is 7.40. The molecule has 0 bridgehead atoms. The van der Waals surface area contributed by atoms with E-state index < -0.39 is 0 Å². The summed E-state index contributed by atoms with van der Waals surface area (Å²) in [5, 5.41) is 2.33. The highest BCUT2D eigenvalue weighted by molar-refractivity contribution is 5.94. The van der Waals surface area contributed by atoms with Crippen LogP contribution in [0.2, 0.25) is 0 Å². The van der Waals surface area contributed by atoms with Gasteiger partial charge in [-0.25, -0.2) is 0 Å². The van der Waals surface area contributed by atoms with Crippen LogP contribution in [-0.4, -0.2) is 24.5 Å². The van der Waals surface area contributed by atoms with Crippen molar-refractivity contribution in [2.45, 2.75) is 73.8 Å². The van der Waals surface area contributed by atoms with Crippen LogP contribution >= 0.6 is 0 Å². The highest BCUT2D eigenvalue weighted by atomic mass is 16.5. The molecule has 0 aromatic carbocycles. The molecule has 0 radical (unpaired) electrons. The summed E-state index contributed by atoms with van der Waals surface area (Å²) >= 11 is 0. The zero-order valence-electron chi connectivity index (χ0n) is 14.1. The number of ether oxygens (including phenoxy) is 1. The maximum absolute atomic E-state index is 11.5. The van der Waals surface area contributed by atoms with Crippen molar-refractivity contribution >= 4 is 11.8 Å². The van der Waals surface area contributed by atoms with Gasteiger partial charge in [-0.1, -0.05) is 48.5 Å². The fraction of sp³-hybridized carbons (Fsp3) is 0.875. The van der Waals surface area contributed by atoms with E-state index in [4.69, 9.17) is 4.74 Å². The molecule has 1 atom stereocenters. The second kappa shape index (κ2) is 7.77. The zero-order valence-corrected chi connectivity index (χ0v) is 14.1. The summed E-state index contributed by atoms with van der Waals surface area (Å²) < 4.78 is 5.90. The summed E-state index contributed by atoms with van der Waals surface area (Å²) in [5.74, 6) is -0.502. The van der Waals surface area contributed by atoms with Gasteiger partial charge in [-0.3, -0.25) is 14.9 Å². The van der Waals surface area contributed by atoms with E-state index in [0.29, 0.717) is 13.0 Å². The molecule has 1 N–H and O–H groups in total. The second-order valence-electron chi connectivity index (χ2n) is 7.57. The number of hydrogen-bond donors (Lipinski definition) is 1. The molecule has 0 aromatic heterocycles. The third kappa shape index (κ3) is 9.08. The lowest BCUT2D eigenvalue weighted by Crippen LogP contribution is -2.35. The minimum atomic E-state index is -0.264. The Hall–Kier alpha value is -0.900. The molecule has 2 amide bonds. The Morgan fingerprint density at radius 1 is 1.05 bits per heavy atom. The molecule has 0 aliphatic heterocycles. The molecule has 0 fully saturated rings. The van der Waals surface area contributed by atoms with Crippen LogP contribution in [0.15, 0.2) is 0 Å². The van der Waals surface area contributed by atoms with Gasteiger partial charge in [0, 0.05) is 6.42 Å². The van der Waals surface area contributed by atoms with E-state index in [1.807, 2.05) is 0 Å². The van der Waals surface area contributed by atoms with E-state index in [-0.39, 0.29) is 35.2 Å². The predicted molar refractivity (Wildman–Crippen MR) is 81.3 cm³/mol. The van der Waals surface area contributed by atoms with Gasteiger partial charge < -0.3 is 4.74 Å². The van der Waals surface area contributed by atoms with Gasteiger partial charge in [0.15, 0.2) is 0 Å². The van der Waals surface area contributed by atoms with E-state index in [1.165, 1.54) is 0 Å². The number of rotatable bonds is 6. The third-order valence-electron chi connectivity index (χ3n) is 3.01. The van der Waals surface area contributed by atoms with Gasteiger partial charge in [0.1, 0.15) is 0 Å². The Balaban J connectivity index is 4.28. The first-order chi connectivity index (χ1) is 8.95. The Labute approximate surface area is 123 Å². The third-order valence-corrected chi connectivity index (χ3v) is 3.01. The van der Waals surface area contributed by atoms with Gasteiger partial charge >= 0.3 is 0 Å². The Kier molecular flexibility index (Phi) is 7.42. The molecule has 0 spiro atoms. The molecule has 4 nitrogen and oxygen atoms in total. The number of carbonyl (C=O) groups is 2. The largest absolute Gasteiger partial charge is 0.377 e. The van der Waals surface area contributed by atoms with Gasteiger partial charge in [-0.05, 0) is 17.3 Å². The van der Waals surface area contributed by atoms with Crippen molar-refractivity contribution in [3.63, 3.8) is 0 Å². The quantitative estimate of drug-likeness (QED) is 0.814. The first-order valence-electron chi connectivity index (χ1n) is 7.40. The number of amides is 2. The van der Waals surface area contributed by atoms with Gasteiger partial charge in [-0.15, -0.1) is 0 Å². The monoisotopic (exact) mass is 285 g/mol. The van der Waals surface area contributed by atoms with E-state index >= 15 is 0 Å². The maximum atomic E-state index is 11.5. The van der Waals surface area contributed by atoms with Crippen molar-refractivity contribution in [3.8, 4) is 0 Å². The van der Waals surface area contributed by atoms with Crippen LogP contribution in [-0.2, 0) is 14.3 Å². The standard InChI is InChI=1S/C16H31NO3/c1-8-13(18)17-14(19)9-10-20-12(16(5,6)7)11-15(2,3)4/h12H,8-11H2,1-7H3,(H,17,18,19). The zero-order chi connectivity index (χ0) is 16.0. The lowest BCUT2D eigenvalue weighted by molar-refractivity contribution is -0.131. The van der Waals surface area contributed by atoms with Crippen molar-refractivity contribution in [2.75, 3.05) is 6.61 Å². The molecule has 0 saturated carbocycles. The number of hydrogen-bond acceptors (Lipinski definition) is 3. The number of nitrogens with one attached hydrogen (secondary N) is 1. The summed E-state index contributed by atoms with van der Waals surface area (Å²) in [4.78, 5) is 22.6. The van der Waals surface area contributed by atoms with Crippen molar-refractivity contribution < 1.29 is 14.3 Å². The fourth-order valence-corrected chi connectivity index (χ4v) is 1.77. The molecule has 1 unspecified atom stereocenters. The van der Waals surface area contributed by atoms with Gasteiger partial charge in [0.05, 0.1) is 19.1 Å². The minimum Gasteiger partial charge on any atom is -0.377 e. The van der Waals surface area contributed by atoms with Crippen LogP contribution in [0.25, 0.3) is 0 Å². The Morgan fingerprint density at radius 3 is 2.00 bits per heavy atom. The van der Waals surface area contributed by atoms with Crippen LogP contribution in [0.4, 0.5) is 0 Å². The fourth-order valence-electron chi connectivity index (χ4n) is 1.77. The SMILES string of the molecule is CCC(=O)NC(=O)CCOC(CC(C)(C)C)C(C)(C)C. The molecule has 20 heavy (non-hydrogen) atoms. The highest BCUT2D eigenvalue weighted by Gasteiger charge is 2.29. The van der Waals surface area contributed by atoms with Crippen molar-refractivity contribution in [1.29, 1.82) is 0 Å². The second-order valence-corrected chi connectivity index (χ2v) is 7.57. The summed E-state index contributed by atoms with van der Waals surface area (Å²) in [6.07, 6.45) is 1.58. The average molecular weight is 285 g/mol. The van der Waals surface area contributed by atoms with Gasteiger partial charge in [-0.2, -0.15) is 0 Å². The molecule has 0 aromatic rings. The lowest BCUT2D eigenvalue weighted by atomic mass is 9.78. The number of carbonyl (C=O) groups excluding carboxylic acids is 2. The van der Waals surface area contributed by atoms with Crippen LogP contribution in [0.5, 0.6) is 0 Å². The van der Waals surface area contributed by atoms with E-state index in [9.17, 15) is 9.59 Å². The van der Waals surface area contributed by atoms with Crippen LogP contribution in [0, 0.1) is 10.8 Å². The summed E-state index contributed by atoms with van der Waals surface area (Å²) in [7, 11) is 0. The molecular weight excluding hydrogens is 254 g/mol. The van der Waals surface area contributed by atoms with E-state index in [0.717, 1.165) is 6.42 Å². The lowest BCUT2D eigenvalue weighted by Gasteiger charge is -2.35. The topological polar surface area (TPSA) is 55.4 Å². The summed E-state index contributed by atoms with van der Waals surface area (Å²) in [6, 6.07) is 0. The predicted octanol–water partition coefficient (Wildman–Crippen LogP) is 3.30. The first kappa shape index (κ1) is 19.1. The van der Waals surface area contributed by atoms with Crippen LogP contribution < -0.4 is 5.32 Å². The van der Waals surface area contributed by atoms with Crippen molar-refractivity contribution in [1.82, 2.24) is 5.32 Å². The number of imide groups is 1. The minimum absolute atomic E-state index is 0.0307. The summed E-state index contributed by atoms with van der Waals surface area (Å²) in [6.45, 7) is 15.0. The molecule has 0 aliphatic rings. The Morgan fingerprint density at radius 2 is 1.60 bits per heavy atom. The van der Waals surface area contributed by atoms with Crippen LogP contribution in [0.1, 0.15) is 67.7 Å². The molecule has 118 valence electrons. The molecule has 0 rings (SSSR count). The normalized spacial score (nSPS) is 13.9. The van der Waals surface area contributed by atoms with Crippen LogP contribution in [0.3, 0.4) is 0 Å². The molecule has 0 aliphatic carbocycles. The van der Waals surface area contributed by atoms with E-state index in [1.54, 1.807) is 6.92 Å². The van der Waals surface area contributed by atoms with Crippen molar-refractivity contribution in [2.24, 2.45) is 10.8 Å². The average Bonchev–Trinajstić information content (AvgIpc) is 2.24. The highest BCUT2D eigenvalue weighted by Crippen LogP contribution is 2.32. The van der Waals surface area contributed by atoms with E-state index in [2.05, 4.69) is 46.9 Å². The molecule has 0 heterocycles. The maximum Gasteiger partial charge on any atom is 0.228 e. The molecule has 0 saturated heterocycles.